The first kappa shape index (κ1) is 13.6. The van der Waals surface area contributed by atoms with Crippen molar-refractivity contribution in [1.82, 2.24) is 4.57 Å². The number of benzene rings is 1. The summed E-state index contributed by atoms with van der Waals surface area (Å²) in [5.74, 6) is -0.994. The number of rotatable bonds is 4. The minimum atomic E-state index is -0.994. The highest BCUT2D eigenvalue weighted by atomic mass is 35.5. The molecule has 1 heterocycles. The van der Waals surface area contributed by atoms with Crippen LogP contribution in [0.3, 0.4) is 0 Å². The van der Waals surface area contributed by atoms with Gasteiger partial charge in [0.05, 0.1) is 15.6 Å². The van der Waals surface area contributed by atoms with Gasteiger partial charge in [0.2, 0.25) is 0 Å². The summed E-state index contributed by atoms with van der Waals surface area (Å²) in [7, 11) is 0. The third-order valence-corrected chi connectivity index (χ3v) is 3.80. The van der Waals surface area contributed by atoms with Gasteiger partial charge in [-0.15, -0.1) is 0 Å². The summed E-state index contributed by atoms with van der Waals surface area (Å²) in [6.07, 6.45) is 1.85. The summed E-state index contributed by atoms with van der Waals surface area (Å²) in [6, 6.07) is 7.59. The van der Waals surface area contributed by atoms with Gasteiger partial charge in [-0.1, -0.05) is 11.6 Å². The van der Waals surface area contributed by atoms with E-state index in [0.29, 0.717) is 11.3 Å². The Kier molecular flexibility index (Phi) is 3.17. The van der Waals surface area contributed by atoms with E-state index < -0.39 is 10.9 Å². The van der Waals surface area contributed by atoms with Crippen LogP contribution in [0, 0.1) is 10.1 Å². The number of carboxylic acids is 1. The largest absolute Gasteiger partial charge is 0.477 e. The zero-order valence-electron chi connectivity index (χ0n) is 10.8. The first-order valence-corrected chi connectivity index (χ1v) is 6.75. The van der Waals surface area contributed by atoms with Crippen molar-refractivity contribution in [3.63, 3.8) is 0 Å². The lowest BCUT2D eigenvalue weighted by atomic mass is 10.1. The highest BCUT2D eigenvalue weighted by molar-refractivity contribution is 6.33. The van der Waals surface area contributed by atoms with Crippen molar-refractivity contribution in [3.8, 4) is 11.3 Å². The molecule has 21 heavy (non-hydrogen) atoms. The number of nitro benzene ring substituents is 1. The maximum Gasteiger partial charge on any atom is 0.352 e. The van der Waals surface area contributed by atoms with Crippen molar-refractivity contribution in [2.45, 2.75) is 18.9 Å². The van der Waals surface area contributed by atoms with Crippen LogP contribution in [0.1, 0.15) is 29.4 Å². The number of carboxylic acid groups (broad SMARTS) is 1. The quantitative estimate of drug-likeness (QED) is 0.688. The zero-order chi connectivity index (χ0) is 15.1. The topological polar surface area (TPSA) is 85.4 Å². The van der Waals surface area contributed by atoms with E-state index in [1.807, 2.05) is 0 Å². The van der Waals surface area contributed by atoms with E-state index in [4.69, 9.17) is 11.6 Å². The minimum absolute atomic E-state index is 0.0910. The summed E-state index contributed by atoms with van der Waals surface area (Å²) in [5, 5.41) is 20.2. The molecule has 6 nitrogen and oxygen atoms in total. The molecule has 0 atom stereocenters. The van der Waals surface area contributed by atoms with Crippen molar-refractivity contribution in [2.24, 2.45) is 0 Å². The second kappa shape index (κ2) is 4.89. The predicted molar refractivity (Wildman–Crippen MR) is 76.8 cm³/mol. The van der Waals surface area contributed by atoms with Crippen LogP contribution < -0.4 is 0 Å². The lowest BCUT2D eigenvalue weighted by molar-refractivity contribution is -0.384. The SMILES string of the molecule is O=C(O)c1ccc(-c2ccc([N+](=O)[O-])cc2Cl)n1C1CC1. The Balaban J connectivity index is 2.13. The maximum absolute atomic E-state index is 11.3. The summed E-state index contributed by atoms with van der Waals surface area (Å²) in [4.78, 5) is 21.5. The number of carbonyl (C=O) groups is 1. The molecule has 2 aromatic rings. The van der Waals surface area contributed by atoms with Crippen LogP contribution in [0.4, 0.5) is 5.69 Å². The summed E-state index contributed by atoms with van der Waals surface area (Å²) in [5.41, 5.74) is 1.39. The molecule has 0 bridgehead atoms. The molecule has 1 fully saturated rings. The molecule has 1 N–H and O–H groups in total. The monoisotopic (exact) mass is 306 g/mol. The van der Waals surface area contributed by atoms with Gasteiger partial charge >= 0.3 is 5.97 Å². The maximum atomic E-state index is 11.3. The van der Waals surface area contributed by atoms with E-state index >= 15 is 0 Å². The van der Waals surface area contributed by atoms with Gasteiger partial charge in [0, 0.05) is 23.7 Å². The first-order chi connectivity index (χ1) is 9.99. The summed E-state index contributed by atoms with van der Waals surface area (Å²) >= 11 is 6.13. The number of halogens is 1. The Morgan fingerprint density at radius 3 is 2.57 bits per heavy atom. The fraction of sp³-hybridized carbons (Fsp3) is 0.214. The van der Waals surface area contributed by atoms with Gasteiger partial charge in [-0.25, -0.2) is 4.79 Å². The predicted octanol–water partition coefficient (Wildman–Crippen LogP) is 3.75. The highest BCUT2D eigenvalue weighted by Gasteiger charge is 2.30. The minimum Gasteiger partial charge on any atom is -0.477 e. The fourth-order valence-electron chi connectivity index (χ4n) is 2.39. The number of aromatic carboxylic acids is 1. The number of aromatic nitrogens is 1. The molecular weight excluding hydrogens is 296 g/mol. The smallest absolute Gasteiger partial charge is 0.352 e. The van der Waals surface area contributed by atoms with E-state index in [9.17, 15) is 20.0 Å². The lowest BCUT2D eigenvalue weighted by Gasteiger charge is -2.11. The molecule has 1 aliphatic rings. The van der Waals surface area contributed by atoms with Crippen LogP contribution in [0.5, 0.6) is 0 Å². The Morgan fingerprint density at radius 2 is 2.05 bits per heavy atom. The number of hydrogen-bond acceptors (Lipinski definition) is 3. The van der Waals surface area contributed by atoms with Gasteiger partial charge in [-0.05, 0) is 31.0 Å². The van der Waals surface area contributed by atoms with Crippen molar-refractivity contribution in [3.05, 3.63) is 51.2 Å². The molecule has 0 aliphatic heterocycles. The van der Waals surface area contributed by atoms with Crippen molar-refractivity contribution >= 4 is 23.3 Å². The lowest BCUT2D eigenvalue weighted by Crippen LogP contribution is -2.08. The average molecular weight is 307 g/mol. The normalized spacial score (nSPS) is 14.1. The van der Waals surface area contributed by atoms with Crippen LogP contribution in [0.25, 0.3) is 11.3 Å². The molecule has 1 aromatic heterocycles. The third kappa shape index (κ3) is 2.38. The van der Waals surface area contributed by atoms with Crippen molar-refractivity contribution < 1.29 is 14.8 Å². The molecule has 108 valence electrons. The van der Waals surface area contributed by atoms with Crippen LogP contribution >= 0.6 is 11.6 Å². The second-order valence-corrected chi connectivity index (χ2v) is 5.34. The Bertz CT molecular complexity index is 749. The molecule has 0 amide bonds. The number of non-ortho nitro benzene ring substituents is 1. The van der Waals surface area contributed by atoms with E-state index in [1.54, 1.807) is 16.7 Å². The van der Waals surface area contributed by atoms with Crippen LogP contribution in [-0.2, 0) is 0 Å². The van der Waals surface area contributed by atoms with Gasteiger partial charge in [0.25, 0.3) is 5.69 Å². The van der Waals surface area contributed by atoms with Gasteiger partial charge in [-0.3, -0.25) is 10.1 Å². The molecule has 1 aliphatic carbocycles. The second-order valence-electron chi connectivity index (χ2n) is 4.93. The van der Waals surface area contributed by atoms with Gasteiger partial charge in [0.15, 0.2) is 0 Å². The molecule has 1 aromatic carbocycles. The van der Waals surface area contributed by atoms with Crippen molar-refractivity contribution in [2.75, 3.05) is 0 Å². The van der Waals surface area contributed by atoms with Gasteiger partial charge in [0.1, 0.15) is 5.69 Å². The third-order valence-electron chi connectivity index (χ3n) is 3.49. The van der Waals surface area contributed by atoms with Crippen molar-refractivity contribution in [1.29, 1.82) is 0 Å². The molecule has 0 saturated heterocycles. The van der Waals surface area contributed by atoms with Crippen LogP contribution in [-0.4, -0.2) is 20.6 Å². The van der Waals surface area contributed by atoms with E-state index in [1.165, 1.54) is 18.2 Å². The van der Waals surface area contributed by atoms with Crippen LogP contribution in [0.15, 0.2) is 30.3 Å². The van der Waals surface area contributed by atoms with E-state index in [2.05, 4.69) is 0 Å². The molecule has 0 radical (unpaired) electrons. The first-order valence-electron chi connectivity index (χ1n) is 6.38. The Hall–Kier alpha value is -2.34. The fourth-order valence-corrected chi connectivity index (χ4v) is 2.67. The average Bonchev–Trinajstić information content (AvgIpc) is 3.17. The van der Waals surface area contributed by atoms with E-state index in [-0.39, 0.29) is 22.4 Å². The standard InChI is InChI=1S/C14H11ClN2O4/c15-11-7-9(17(20)21)3-4-10(11)12-5-6-13(14(18)19)16(12)8-1-2-8/h3-8H,1-2H2,(H,18,19). The Labute approximate surface area is 124 Å². The Morgan fingerprint density at radius 1 is 1.33 bits per heavy atom. The number of hydrogen-bond donors (Lipinski definition) is 1. The molecule has 0 unspecified atom stereocenters. The number of nitro groups is 1. The summed E-state index contributed by atoms with van der Waals surface area (Å²) < 4.78 is 1.75. The highest BCUT2D eigenvalue weighted by Crippen LogP contribution is 2.42. The van der Waals surface area contributed by atoms with Gasteiger partial charge in [-0.2, -0.15) is 0 Å². The number of nitrogens with zero attached hydrogens (tertiary/aromatic N) is 2. The molecule has 7 heteroatoms. The molecule has 3 rings (SSSR count). The summed E-state index contributed by atoms with van der Waals surface area (Å²) in [6.45, 7) is 0. The molecular formula is C14H11ClN2O4. The van der Waals surface area contributed by atoms with Gasteiger partial charge < -0.3 is 9.67 Å². The van der Waals surface area contributed by atoms with Crippen LogP contribution in [0.2, 0.25) is 5.02 Å². The zero-order valence-corrected chi connectivity index (χ0v) is 11.6. The molecule has 1 saturated carbocycles. The van der Waals surface area contributed by atoms with E-state index in [0.717, 1.165) is 12.8 Å². The molecule has 0 spiro atoms.